The fraction of sp³-hybridized carbons (Fsp3) is 0.600. The molecule has 1 atom stereocenters. The van der Waals surface area contributed by atoms with Gasteiger partial charge in [0.1, 0.15) is 0 Å². The highest BCUT2D eigenvalue weighted by molar-refractivity contribution is 5.14. The minimum absolute atomic E-state index is 0.167. The molecule has 0 spiro atoms. The SMILES string of the molecule is CC(C)N(CC(N)CCc1ccccc1)CC(F)(F)F. The molecule has 1 rings (SSSR count). The molecule has 0 aromatic heterocycles. The lowest BCUT2D eigenvalue weighted by molar-refractivity contribution is -0.150. The minimum atomic E-state index is -4.18. The van der Waals surface area contributed by atoms with Crippen LogP contribution < -0.4 is 5.73 Å². The lowest BCUT2D eigenvalue weighted by Crippen LogP contribution is -2.45. The molecule has 1 aromatic carbocycles. The summed E-state index contributed by atoms with van der Waals surface area (Å²) in [5, 5.41) is 0. The highest BCUT2D eigenvalue weighted by Crippen LogP contribution is 2.18. The zero-order valence-electron chi connectivity index (χ0n) is 12.0. The molecule has 0 radical (unpaired) electrons. The number of rotatable bonds is 7. The first-order valence-electron chi connectivity index (χ1n) is 6.88. The van der Waals surface area contributed by atoms with Crippen LogP contribution in [0.3, 0.4) is 0 Å². The lowest BCUT2D eigenvalue weighted by atomic mass is 10.1. The third-order valence-corrected chi connectivity index (χ3v) is 3.23. The maximum absolute atomic E-state index is 12.5. The van der Waals surface area contributed by atoms with Crippen LogP contribution >= 0.6 is 0 Å². The molecule has 0 amide bonds. The van der Waals surface area contributed by atoms with Gasteiger partial charge in [0.15, 0.2) is 0 Å². The van der Waals surface area contributed by atoms with E-state index in [9.17, 15) is 13.2 Å². The average molecular weight is 288 g/mol. The number of halogens is 3. The average Bonchev–Trinajstić information content (AvgIpc) is 2.35. The number of aryl methyl sites for hydroxylation is 1. The van der Waals surface area contributed by atoms with Gasteiger partial charge in [-0.3, -0.25) is 4.90 Å². The summed E-state index contributed by atoms with van der Waals surface area (Å²) >= 11 is 0. The van der Waals surface area contributed by atoms with Crippen LogP contribution in [0.2, 0.25) is 0 Å². The van der Waals surface area contributed by atoms with E-state index >= 15 is 0 Å². The summed E-state index contributed by atoms with van der Waals surface area (Å²) in [6.45, 7) is 2.89. The van der Waals surface area contributed by atoms with Gasteiger partial charge in [-0.25, -0.2) is 0 Å². The molecule has 2 nitrogen and oxygen atoms in total. The summed E-state index contributed by atoms with van der Waals surface area (Å²) in [6, 6.07) is 9.42. The van der Waals surface area contributed by atoms with Crippen LogP contribution in [0, 0.1) is 0 Å². The summed E-state index contributed by atoms with van der Waals surface area (Å²) in [5.41, 5.74) is 7.13. The third-order valence-electron chi connectivity index (χ3n) is 3.23. The van der Waals surface area contributed by atoms with Crippen molar-refractivity contribution >= 4 is 0 Å². The van der Waals surface area contributed by atoms with E-state index < -0.39 is 12.7 Å². The van der Waals surface area contributed by atoms with E-state index in [-0.39, 0.29) is 18.6 Å². The molecule has 0 aliphatic rings. The van der Waals surface area contributed by atoms with Gasteiger partial charge in [0.05, 0.1) is 6.54 Å². The van der Waals surface area contributed by atoms with Gasteiger partial charge in [-0.2, -0.15) is 13.2 Å². The van der Waals surface area contributed by atoms with Crippen molar-refractivity contribution in [1.29, 1.82) is 0 Å². The second-order valence-corrected chi connectivity index (χ2v) is 5.42. The Balaban J connectivity index is 2.44. The monoisotopic (exact) mass is 288 g/mol. The molecular weight excluding hydrogens is 265 g/mol. The molecule has 0 saturated heterocycles. The molecule has 5 heteroatoms. The zero-order valence-corrected chi connectivity index (χ0v) is 12.0. The molecule has 0 heterocycles. The molecule has 0 bridgehead atoms. The van der Waals surface area contributed by atoms with Crippen molar-refractivity contribution in [3.8, 4) is 0 Å². The van der Waals surface area contributed by atoms with Gasteiger partial charge >= 0.3 is 6.18 Å². The number of hydrogen-bond acceptors (Lipinski definition) is 2. The Kier molecular flexibility index (Phi) is 6.49. The Bertz CT molecular complexity index is 376. The predicted octanol–water partition coefficient (Wildman–Crippen LogP) is 3.22. The number of alkyl halides is 3. The van der Waals surface area contributed by atoms with Crippen molar-refractivity contribution in [2.75, 3.05) is 13.1 Å². The Labute approximate surface area is 118 Å². The number of nitrogens with zero attached hydrogens (tertiary/aromatic N) is 1. The molecule has 114 valence electrons. The second-order valence-electron chi connectivity index (χ2n) is 5.42. The standard InChI is InChI=1S/C15H23F3N2/c1-12(2)20(11-15(16,17)18)10-14(19)9-8-13-6-4-3-5-7-13/h3-7,12,14H,8-11,19H2,1-2H3. The first-order chi connectivity index (χ1) is 9.28. The van der Waals surface area contributed by atoms with Gasteiger partial charge < -0.3 is 5.73 Å². The van der Waals surface area contributed by atoms with Crippen LogP contribution in [0.4, 0.5) is 13.2 Å². The van der Waals surface area contributed by atoms with Gasteiger partial charge in [-0.15, -0.1) is 0 Å². The first kappa shape index (κ1) is 17.0. The van der Waals surface area contributed by atoms with Crippen LogP contribution in [-0.4, -0.2) is 36.2 Å². The smallest absolute Gasteiger partial charge is 0.327 e. The van der Waals surface area contributed by atoms with Crippen LogP contribution in [0.25, 0.3) is 0 Å². The maximum Gasteiger partial charge on any atom is 0.401 e. The van der Waals surface area contributed by atoms with Crippen molar-refractivity contribution in [1.82, 2.24) is 4.90 Å². The van der Waals surface area contributed by atoms with Crippen molar-refractivity contribution in [2.45, 2.75) is 44.9 Å². The molecule has 20 heavy (non-hydrogen) atoms. The molecule has 1 unspecified atom stereocenters. The van der Waals surface area contributed by atoms with E-state index in [1.165, 1.54) is 4.90 Å². The second kappa shape index (κ2) is 7.64. The predicted molar refractivity (Wildman–Crippen MR) is 75.5 cm³/mol. The topological polar surface area (TPSA) is 29.3 Å². The number of benzene rings is 1. The van der Waals surface area contributed by atoms with E-state index in [1.807, 2.05) is 30.3 Å². The van der Waals surface area contributed by atoms with Crippen molar-refractivity contribution in [3.63, 3.8) is 0 Å². The van der Waals surface area contributed by atoms with Crippen LogP contribution in [0.15, 0.2) is 30.3 Å². The van der Waals surface area contributed by atoms with Gasteiger partial charge in [-0.05, 0) is 32.3 Å². The summed E-state index contributed by atoms with van der Waals surface area (Å²) < 4.78 is 37.5. The van der Waals surface area contributed by atoms with Gasteiger partial charge in [0.2, 0.25) is 0 Å². The van der Waals surface area contributed by atoms with Gasteiger partial charge in [0, 0.05) is 18.6 Å². The van der Waals surface area contributed by atoms with Gasteiger partial charge in [-0.1, -0.05) is 30.3 Å². The van der Waals surface area contributed by atoms with E-state index in [1.54, 1.807) is 13.8 Å². The molecular formula is C15H23F3N2. The quantitative estimate of drug-likeness (QED) is 0.834. The summed E-state index contributed by atoms with van der Waals surface area (Å²) in [5.74, 6) is 0. The fourth-order valence-electron chi connectivity index (χ4n) is 2.08. The normalized spacial score (nSPS) is 14.0. The summed E-state index contributed by atoms with van der Waals surface area (Å²) in [4.78, 5) is 1.38. The molecule has 2 N–H and O–H groups in total. The van der Waals surface area contributed by atoms with Crippen LogP contribution in [-0.2, 0) is 6.42 Å². The third kappa shape index (κ3) is 6.91. The van der Waals surface area contributed by atoms with Gasteiger partial charge in [0.25, 0.3) is 0 Å². The Morgan fingerprint density at radius 2 is 1.75 bits per heavy atom. The van der Waals surface area contributed by atoms with E-state index in [4.69, 9.17) is 5.73 Å². The highest BCUT2D eigenvalue weighted by Gasteiger charge is 2.32. The first-order valence-corrected chi connectivity index (χ1v) is 6.88. The molecule has 0 aliphatic heterocycles. The summed E-state index contributed by atoms with van der Waals surface area (Å²) in [7, 11) is 0. The van der Waals surface area contributed by atoms with Crippen LogP contribution in [0.1, 0.15) is 25.8 Å². The van der Waals surface area contributed by atoms with E-state index in [0.717, 1.165) is 12.0 Å². The molecule has 0 saturated carbocycles. The van der Waals surface area contributed by atoms with E-state index in [2.05, 4.69) is 0 Å². The maximum atomic E-state index is 12.5. The minimum Gasteiger partial charge on any atom is -0.327 e. The van der Waals surface area contributed by atoms with Crippen LogP contribution in [0.5, 0.6) is 0 Å². The lowest BCUT2D eigenvalue weighted by Gasteiger charge is -2.30. The van der Waals surface area contributed by atoms with Crippen molar-refractivity contribution < 1.29 is 13.2 Å². The molecule has 0 aliphatic carbocycles. The number of nitrogens with two attached hydrogens (primary N) is 1. The molecule has 0 fully saturated rings. The Morgan fingerprint density at radius 1 is 1.15 bits per heavy atom. The zero-order chi connectivity index (χ0) is 15.2. The summed E-state index contributed by atoms with van der Waals surface area (Å²) in [6.07, 6.45) is -2.70. The number of hydrogen-bond donors (Lipinski definition) is 1. The van der Waals surface area contributed by atoms with Crippen molar-refractivity contribution in [2.24, 2.45) is 5.73 Å². The van der Waals surface area contributed by atoms with E-state index in [0.29, 0.717) is 6.42 Å². The highest BCUT2D eigenvalue weighted by atomic mass is 19.4. The van der Waals surface area contributed by atoms with Crippen molar-refractivity contribution in [3.05, 3.63) is 35.9 Å². The Morgan fingerprint density at radius 3 is 2.25 bits per heavy atom. The fourth-order valence-corrected chi connectivity index (χ4v) is 2.08. The Hall–Kier alpha value is -1.07. The molecule has 1 aromatic rings. The largest absolute Gasteiger partial charge is 0.401 e.